The second kappa shape index (κ2) is 6.93. The van der Waals surface area contributed by atoms with Gasteiger partial charge in [0.25, 0.3) is 0 Å². The smallest absolute Gasteiger partial charge is 0.309 e. The maximum Gasteiger partial charge on any atom is 0.309 e. The molecular weight excluding hydrogens is 290 g/mol. The molecule has 1 saturated heterocycles. The van der Waals surface area contributed by atoms with Crippen molar-refractivity contribution < 1.29 is 18.3 Å². The molecule has 0 saturated carbocycles. The van der Waals surface area contributed by atoms with Gasteiger partial charge in [-0.05, 0) is 45.1 Å². The molecule has 21 heavy (non-hydrogen) atoms. The molecule has 0 spiro atoms. The first-order chi connectivity index (χ1) is 9.72. The largest absolute Gasteiger partial charge is 0.481 e. The average Bonchev–Trinajstić information content (AvgIpc) is 2.37. The van der Waals surface area contributed by atoms with Crippen molar-refractivity contribution >= 4 is 16.9 Å². The Morgan fingerprint density at radius 3 is 2.57 bits per heavy atom. The van der Waals surface area contributed by atoms with Crippen LogP contribution in [0.5, 0.6) is 0 Å². The molecule has 1 atom stereocenters. The number of carbonyl (C=O) groups is 1. The van der Waals surface area contributed by atoms with Gasteiger partial charge >= 0.3 is 5.97 Å². The lowest BCUT2D eigenvalue weighted by Crippen LogP contribution is -2.37. The monoisotopic (exact) mass is 313 g/mol. The lowest BCUT2D eigenvalue weighted by atomic mass is 9.78. The molecular formula is C15H23NO4S. The Balaban J connectivity index is 3.09. The van der Waals surface area contributed by atoms with Crippen LogP contribution in [-0.4, -0.2) is 30.3 Å². The van der Waals surface area contributed by atoms with Crippen molar-refractivity contribution in [2.75, 3.05) is 6.54 Å². The van der Waals surface area contributed by atoms with Crippen molar-refractivity contribution in [3.8, 4) is 0 Å². The van der Waals surface area contributed by atoms with Gasteiger partial charge in [0, 0.05) is 6.54 Å². The van der Waals surface area contributed by atoms with Crippen LogP contribution < -0.4 is 0 Å². The van der Waals surface area contributed by atoms with Gasteiger partial charge < -0.3 is 5.11 Å². The van der Waals surface area contributed by atoms with Crippen molar-refractivity contribution in [1.29, 1.82) is 0 Å². The molecule has 118 valence electrons. The fraction of sp³-hybridized carbons (Fsp3) is 0.533. The Morgan fingerprint density at radius 2 is 2.14 bits per heavy atom. The first-order valence-corrected chi connectivity index (χ1v) is 7.99. The Labute approximate surface area is 127 Å². The average molecular weight is 313 g/mol. The number of piperidine rings is 1. The second-order valence-corrected chi connectivity index (χ2v) is 6.84. The molecule has 0 aromatic heterocycles. The molecule has 0 unspecified atom stereocenters. The van der Waals surface area contributed by atoms with E-state index >= 15 is 0 Å². The molecule has 6 heteroatoms. The minimum Gasteiger partial charge on any atom is -0.481 e. The number of carboxylic acids is 1. The summed E-state index contributed by atoms with van der Waals surface area (Å²) in [6.07, 6.45) is 6.26. The standard InChI is InChI=1S/C15H23NO4S/c1-5-7-12-8-11(9-15(3,4)14(17)18)10-16(21(19)20)13(12)6-2/h5-7,11,21H,1,8-10H2,2-4H3,(H,17,18)/b12-7-,13-6+/t11-/m0/s1. The molecule has 1 aliphatic rings. The molecule has 1 rings (SSSR count). The Hall–Kier alpha value is -1.56. The summed E-state index contributed by atoms with van der Waals surface area (Å²) in [5.74, 6) is -0.898. The van der Waals surface area contributed by atoms with Crippen LogP contribution in [0.4, 0.5) is 0 Å². The molecule has 5 nitrogen and oxygen atoms in total. The summed E-state index contributed by atoms with van der Waals surface area (Å²) in [7, 11) is -2.74. The molecule has 0 aliphatic carbocycles. The molecule has 0 aromatic carbocycles. The number of carboxylic acid groups (broad SMARTS) is 1. The van der Waals surface area contributed by atoms with Crippen LogP contribution in [0.15, 0.2) is 36.1 Å². The van der Waals surface area contributed by atoms with Crippen LogP contribution in [0.1, 0.15) is 33.6 Å². The highest BCUT2D eigenvalue weighted by molar-refractivity contribution is 7.70. The predicted octanol–water partition coefficient (Wildman–Crippen LogP) is 2.35. The number of rotatable bonds is 5. The minimum atomic E-state index is -2.74. The number of aliphatic carboxylic acids is 1. The summed E-state index contributed by atoms with van der Waals surface area (Å²) < 4.78 is 24.3. The SMILES string of the molecule is C=C/C=C1/C[C@@H](CC(C)(C)C(=O)O)CN([SH](=O)=O)/C1=C/C. The molecule has 1 N–H and O–H groups in total. The molecule has 1 fully saturated rings. The van der Waals surface area contributed by atoms with E-state index in [1.54, 1.807) is 39.0 Å². The first-order valence-electron chi connectivity index (χ1n) is 6.86. The maximum absolute atomic E-state index is 11.5. The van der Waals surface area contributed by atoms with Gasteiger partial charge in [-0.15, -0.1) is 0 Å². The molecule has 0 aromatic rings. The van der Waals surface area contributed by atoms with Gasteiger partial charge in [-0.25, -0.2) is 8.42 Å². The van der Waals surface area contributed by atoms with E-state index in [1.807, 2.05) is 0 Å². The van der Waals surface area contributed by atoms with Crippen molar-refractivity contribution in [2.24, 2.45) is 11.3 Å². The summed E-state index contributed by atoms with van der Waals surface area (Å²) >= 11 is 0. The molecule has 0 radical (unpaired) electrons. The Bertz CT molecular complexity index is 550. The van der Waals surface area contributed by atoms with Gasteiger partial charge in [-0.1, -0.05) is 24.8 Å². The van der Waals surface area contributed by atoms with Gasteiger partial charge in [-0.3, -0.25) is 9.10 Å². The van der Waals surface area contributed by atoms with Crippen molar-refractivity contribution in [3.05, 3.63) is 36.1 Å². The van der Waals surface area contributed by atoms with Crippen molar-refractivity contribution in [1.82, 2.24) is 4.31 Å². The van der Waals surface area contributed by atoms with Crippen LogP contribution in [0, 0.1) is 11.3 Å². The highest BCUT2D eigenvalue weighted by atomic mass is 32.2. The maximum atomic E-state index is 11.5. The zero-order valence-electron chi connectivity index (χ0n) is 12.7. The molecule has 1 aliphatic heterocycles. The summed E-state index contributed by atoms with van der Waals surface area (Å²) in [6.45, 7) is 9.10. The third-order valence-electron chi connectivity index (χ3n) is 3.71. The fourth-order valence-corrected chi connectivity index (χ4v) is 3.50. The van der Waals surface area contributed by atoms with Gasteiger partial charge in [0.1, 0.15) is 0 Å². The molecule has 0 bridgehead atoms. The Morgan fingerprint density at radius 1 is 1.52 bits per heavy atom. The van der Waals surface area contributed by atoms with Crippen molar-refractivity contribution in [2.45, 2.75) is 33.6 Å². The second-order valence-electron chi connectivity index (χ2n) is 5.88. The third-order valence-corrected chi connectivity index (χ3v) is 4.49. The quantitative estimate of drug-likeness (QED) is 0.764. The van der Waals surface area contributed by atoms with E-state index in [2.05, 4.69) is 6.58 Å². The van der Waals surface area contributed by atoms with Crippen LogP contribution in [0.2, 0.25) is 0 Å². The van der Waals surface area contributed by atoms with Gasteiger partial charge in [0.05, 0.1) is 11.1 Å². The fourth-order valence-electron chi connectivity index (χ4n) is 2.72. The summed E-state index contributed by atoms with van der Waals surface area (Å²) in [5, 5.41) is 9.24. The van der Waals surface area contributed by atoms with E-state index in [1.165, 1.54) is 4.31 Å². The van der Waals surface area contributed by atoms with Gasteiger partial charge in [0.15, 0.2) is 0 Å². The lowest BCUT2D eigenvalue weighted by Gasteiger charge is -2.36. The van der Waals surface area contributed by atoms with Gasteiger partial charge in [-0.2, -0.15) is 0 Å². The zero-order valence-corrected chi connectivity index (χ0v) is 13.6. The van der Waals surface area contributed by atoms with Crippen LogP contribution in [0.25, 0.3) is 0 Å². The van der Waals surface area contributed by atoms with Crippen LogP contribution in [-0.2, 0) is 15.7 Å². The van der Waals surface area contributed by atoms with Gasteiger partial charge in [0.2, 0.25) is 10.9 Å². The van der Waals surface area contributed by atoms with E-state index < -0.39 is 22.3 Å². The highest BCUT2D eigenvalue weighted by Gasteiger charge is 2.35. The van der Waals surface area contributed by atoms with E-state index in [0.29, 0.717) is 25.1 Å². The number of hydrogen-bond acceptors (Lipinski definition) is 3. The summed E-state index contributed by atoms with van der Waals surface area (Å²) in [5.41, 5.74) is 0.664. The van der Waals surface area contributed by atoms with Crippen LogP contribution >= 0.6 is 0 Å². The lowest BCUT2D eigenvalue weighted by molar-refractivity contribution is -0.148. The van der Waals surface area contributed by atoms with E-state index in [-0.39, 0.29) is 5.92 Å². The summed E-state index contributed by atoms with van der Waals surface area (Å²) in [4.78, 5) is 11.3. The van der Waals surface area contributed by atoms with Crippen LogP contribution in [0.3, 0.4) is 0 Å². The molecule has 0 amide bonds. The normalized spacial score (nSPS) is 23.8. The number of allylic oxidation sites excluding steroid dienone is 4. The zero-order chi connectivity index (χ0) is 16.2. The minimum absolute atomic E-state index is 0.0288. The summed E-state index contributed by atoms with van der Waals surface area (Å²) in [6, 6.07) is 0. The molecule has 1 heterocycles. The van der Waals surface area contributed by atoms with E-state index in [4.69, 9.17) is 0 Å². The van der Waals surface area contributed by atoms with E-state index in [0.717, 1.165) is 5.57 Å². The Kier molecular flexibility index (Phi) is 5.78. The number of thiol groups is 1. The predicted molar refractivity (Wildman–Crippen MR) is 83.2 cm³/mol. The first kappa shape index (κ1) is 17.5. The third kappa shape index (κ3) is 4.20. The van der Waals surface area contributed by atoms with Crippen molar-refractivity contribution in [3.63, 3.8) is 0 Å². The number of hydrogen-bond donors (Lipinski definition) is 2. The topological polar surface area (TPSA) is 74.7 Å². The van der Waals surface area contributed by atoms with E-state index in [9.17, 15) is 18.3 Å². The number of nitrogens with zero attached hydrogens (tertiary/aromatic N) is 1. The highest BCUT2D eigenvalue weighted by Crippen LogP contribution is 2.37.